The summed E-state index contributed by atoms with van der Waals surface area (Å²) < 4.78 is 5.98. The van der Waals surface area contributed by atoms with Crippen molar-refractivity contribution in [2.75, 3.05) is 6.54 Å². The lowest BCUT2D eigenvalue weighted by molar-refractivity contribution is 0.0846. The minimum atomic E-state index is -0.00589. The number of nitrogens with two attached hydrogens (primary N) is 1. The van der Waals surface area contributed by atoms with Gasteiger partial charge in [0, 0.05) is 0 Å². The number of hydrogen-bond acceptors (Lipinski definition) is 2. The number of hydrogen-bond donors (Lipinski definition) is 1. The molecule has 2 heteroatoms. The van der Waals surface area contributed by atoms with Crippen LogP contribution in [-0.2, 0) is 12.8 Å². The van der Waals surface area contributed by atoms with Gasteiger partial charge in [-0.25, -0.2) is 0 Å². The van der Waals surface area contributed by atoms with E-state index in [-0.39, 0.29) is 5.60 Å². The van der Waals surface area contributed by atoms with E-state index >= 15 is 0 Å². The van der Waals surface area contributed by atoms with E-state index in [2.05, 4.69) is 32.0 Å². The molecule has 0 bridgehead atoms. The number of fused-ring (bicyclic) bond motifs is 1. The summed E-state index contributed by atoms with van der Waals surface area (Å²) >= 11 is 0. The molecular weight excluding hydrogens is 210 g/mol. The van der Waals surface area contributed by atoms with Gasteiger partial charge in [-0.05, 0) is 69.7 Å². The monoisotopic (exact) mass is 233 g/mol. The average molecular weight is 233 g/mol. The predicted octanol–water partition coefficient (Wildman–Crippen LogP) is 3.07. The molecule has 2 nitrogen and oxygen atoms in total. The minimum Gasteiger partial charge on any atom is -0.488 e. The maximum atomic E-state index is 5.98. The SMILES string of the molecule is CC1(C)CCc2cc(CCCCN)ccc2O1. The number of aryl methyl sites for hydroxylation is 2. The molecule has 2 rings (SSSR count). The molecule has 1 aromatic rings. The lowest BCUT2D eigenvalue weighted by Gasteiger charge is -2.32. The van der Waals surface area contributed by atoms with Gasteiger partial charge in [0.25, 0.3) is 0 Å². The van der Waals surface area contributed by atoms with Gasteiger partial charge in [0.2, 0.25) is 0 Å². The topological polar surface area (TPSA) is 35.2 Å². The summed E-state index contributed by atoms with van der Waals surface area (Å²) in [4.78, 5) is 0. The Labute approximate surface area is 104 Å². The number of rotatable bonds is 4. The highest BCUT2D eigenvalue weighted by Gasteiger charge is 2.26. The van der Waals surface area contributed by atoms with Crippen molar-refractivity contribution in [2.45, 2.75) is 51.6 Å². The van der Waals surface area contributed by atoms with Crippen LogP contribution in [0.5, 0.6) is 5.75 Å². The Kier molecular flexibility index (Phi) is 3.72. The molecule has 0 atom stereocenters. The summed E-state index contributed by atoms with van der Waals surface area (Å²) in [6, 6.07) is 6.63. The van der Waals surface area contributed by atoms with Crippen molar-refractivity contribution in [3.63, 3.8) is 0 Å². The summed E-state index contributed by atoms with van der Waals surface area (Å²) in [7, 11) is 0. The van der Waals surface area contributed by atoms with Crippen molar-refractivity contribution in [1.29, 1.82) is 0 Å². The second kappa shape index (κ2) is 5.09. The summed E-state index contributed by atoms with van der Waals surface area (Å²) in [6.45, 7) is 5.11. The van der Waals surface area contributed by atoms with Crippen molar-refractivity contribution < 1.29 is 4.74 Å². The normalized spacial score (nSPS) is 17.4. The van der Waals surface area contributed by atoms with Gasteiger partial charge < -0.3 is 10.5 Å². The minimum absolute atomic E-state index is 0.00589. The van der Waals surface area contributed by atoms with Gasteiger partial charge in [0.1, 0.15) is 11.4 Å². The fourth-order valence-corrected chi connectivity index (χ4v) is 2.34. The molecule has 17 heavy (non-hydrogen) atoms. The number of benzene rings is 1. The van der Waals surface area contributed by atoms with Gasteiger partial charge in [-0.1, -0.05) is 12.1 Å². The van der Waals surface area contributed by atoms with Crippen LogP contribution in [-0.4, -0.2) is 12.1 Å². The first kappa shape index (κ1) is 12.4. The molecule has 0 saturated carbocycles. The van der Waals surface area contributed by atoms with Gasteiger partial charge >= 0.3 is 0 Å². The highest BCUT2D eigenvalue weighted by atomic mass is 16.5. The molecule has 0 aliphatic carbocycles. The van der Waals surface area contributed by atoms with E-state index in [9.17, 15) is 0 Å². The Hall–Kier alpha value is -1.02. The van der Waals surface area contributed by atoms with Gasteiger partial charge in [-0.3, -0.25) is 0 Å². The Bertz CT molecular complexity index is 385. The van der Waals surface area contributed by atoms with Gasteiger partial charge in [0.15, 0.2) is 0 Å². The summed E-state index contributed by atoms with van der Waals surface area (Å²) in [5.74, 6) is 1.07. The van der Waals surface area contributed by atoms with Gasteiger partial charge in [-0.2, -0.15) is 0 Å². The molecule has 0 fully saturated rings. The highest BCUT2D eigenvalue weighted by Crippen LogP contribution is 2.33. The van der Waals surface area contributed by atoms with E-state index in [1.807, 2.05) is 0 Å². The van der Waals surface area contributed by atoms with Crippen LogP contribution in [0, 0.1) is 0 Å². The molecule has 1 heterocycles. The Morgan fingerprint density at radius 2 is 2.12 bits per heavy atom. The molecule has 0 radical (unpaired) electrons. The Morgan fingerprint density at radius 3 is 2.88 bits per heavy atom. The zero-order valence-corrected chi connectivity index (χ0v) is 11.0. The molecule has 1 aromatic carbocycles. The first-order valence-corrected chi connectivity index (χ1v) is 6.62. The molecule has 1 aliphatic heterocycles. The molecule has 0 aromatic heterocycles. The molecule has 0 spiro atoms. The largest absolute Gasteiger partial charge is 0.488 e. The zero-order valence-electron chi connectivity index (χ0n) is 11.0. The van der Waals surface area contributed by atoms with E-state index in [4.69, 9.17) is 10.5 Å². The third-order valence-electron chi connectivity index (χ3n) is 3.43. The second-order valence-corrected chi connectivity index (χ2v) is 5.55. The van der Waals surface area contributed by atoms with E-state index in [0.29, 0.717) is 0 Å². The quantitative estimate of drug-likeness (QED) is 0.811. The van der Waals surface area contributed by atoms with Crippen molar-refractivity contribution in [3.8, 4) is 5.75 Å². The van der Waals surface area contributed by atoms with E-state index in [1.54, 1.807) is 0 Å². The van der Waals surface area contributed by atoms with Crippen LogP contribution in [0.25, 0.3) is 0 Å². The standard InChI is InChI=1S/C15H23NO/c1-15(2)9-8-13-11-12(5-3-4-10-16)6-7-14(13)17-15/h6-7,11H,3-5,8-10,16H2,1-2H3. The predicted molar refractivity (Wildman–Crippen MR) is 71.5 cm³/mol. The first-order valence-electron chi connectivity index (χ1n) is 6.62. The lowest BCUT2D eigenvalue weighted by Crippen LogP contribution is -2.32. The zero-order chi connectivity index (χ0) is 12.3. The molecule has 0 amide bonds. The van der Waals surface area contributed by atoms with Gasteiger partial charge in [-0.15, -0.1) is 0 Å². The van der Waals surface area contributed by atoms with Crippen molar-refractivity contribution >= 4 is 0 Å². The molecule has 94 valence electrons. The van der Waals surface area contributed by atoms with Crippen LogP contribution < -0.4 is 10.5 Å². The molecule has 1 aliphatic rings. The number of unbranched alkanes of at least 4 members (excludes halogenated alkanes) is 1. The van der Waals surface area contributed by atoms with Crippen LogP contribution in [0.3, 0.4) is 0 Å². The molecule has 0 unspecified atom stereocenters. The first-order chi connectivity index (χ1) is 8.11. The fourth-order valence-electron chi connectivity index (χ4n) is 2.34. The van der Waals surface area contributed by atoms with Gasteiger partial charge in [0.05, 0.1) is 0 Å². The van der Waals surface area contributed by atoms with Crippen LogP contribution >= 0.6 is 0 Å². The van der Waals surface area contributed by atoms with Crippen molar-refractivity contribution in [3.05, 3.63) is 29.3 Å². The van der Waals surface area contributed by atoms with Crippen molar-refractivity contribution in [2.24, 2.45) is 5.73 Å². The van der Waals surface area contributed by atoms with Crippen LogP contribution in [0.1, 0.15) is 44.2 Å². The smallest absolute Gasteiger partial charge is 0.123 e. The molecule has 2 N–H and O–H groups in total. The van der Waals surface area contributed by atoms with Crippen molar-refractivity contribution in [1.82, 2.24) is 0 Å². The van der Waals surface area contributed by atoms with Crippen LogP contribution in [0.4, 0.5) is 0 Å². The maximum Gasteiger partial charge on any atom is 0.123 e. The van der Waals surface area contributed by atoms with Crippen LogP contribution in [0.15, 0.2) is 18.2 Å². The molecule has 0 saturated heterocycles. The van der Waals surface area contributed by atoms with E-state index in [1.165, 1.54) is 17.5 Å². The number of ether oxygens (including phenoxy) is 1. The third-order valence-corrected chi connectivity index (χ3v) is 3.43. The summed E-state index contributed by atoms with van der Waals surface area (Å²) in [6.07, 6.45) is 5.66. The van der Waals surface area contributed by atoms with Crippen LogP contribution in [0.2, 0.25) is 0 Å². The second-order valence-electron chi connectivity index (χ2n) is 5.55. The highest BCUT2D eigenvalue weighted by molar-refractivity contribution is 5.39. The Balaban J connectivity index is 2.05. The molecular formula is C15H23NO. The third kappa shape index (κ3) is 3.22. The maximum absolute atomic E-state index is 5.98. The lowest BCUT2D eigenvalue weighted by atomic mass is 9.92. The van der Waals surface area contributed by atoms with E-state index in [0.717, 1.165) is 38.0 Å². The Morgan fingerprint density at radius 1 is 1.29 bits per heavy atom. The van der Waals surface area contributed by atoms with E-state index < -0.39 is 0 Å². The summed E-state index contributed by atoms with van der Waals surface area (Å²) in [5, 5.41) is 0. The fraction of sp³-hybridized carbons (Fsp3) is 0.600. The average Bonchev–Trinajstić information content (AvgIpc) is 2.29. The summed E-state index contributed by atoms with van der Waals surface area (Å²) in [5.41, 5.74) is 8.29.